The van der Waals surface area contributed by atoms with Crippen LogP contribution in [-0.2, 0) is 16.0 Å². The number of primary amides is 1. The van der Waals surface area contributed by atoms with E-state index in [1.807, 2.05) is 0 Å². The molecule has 0 bridgehead atoms. The molecule has 98 valence electrons. The molecule has 0 spiro atoms. The average molecular weight is 252 g/mol. The first-order valence-corrected chi connectivity index (χ1v) is 5.73. The third kappa shape index (κ3) is 4.16. The molecule has 1 atom stereocenters. The molecule has 0 saturated heterocycles. The van der Waals surface area contributed by atoms with Crippen LogP contribution < -0.4 is 11.1 Å². The van der Waals surface area contributed by atoms with E-state index in [2.05, 4.69) is 5.32 Å². The molecular formula is C13H17FN2O2. The topological polar surface area (TPSA) is 72.2 Å². The Morgan fingerprint density at radius 2 is 1.83 bits per heavy atom. The lowest BCUT2D eigenvalue weighted by Crippen LogP contribution is -2.48. The molecule has 5 heteroatoms. The first kappa shape index (κ1) is 14.2. The molecule has 3 N–H and O–H groups in total. The van der Waals surface area contributed by atoms with E-state index in [9.17, 15) is 14.0 Å². The molecule has 18 heavy (non-hydrogen) atoms. The van der Waals surface area contributed by atoms with Crippen LogP contribution in [-0.4, -0.2) is 17.9 Å². The summed E-state index contributed by atoms with van der Waals surface area (Å²) < 4.78 is 12.7. The molecular weight excluding hydrogens is 235 g/mol. The van der Waals surface area contributed by atoms with Crippen molar-refractivity contribution in [3.63, 3.8) is 0 Å². The number of rotatable bonds is 5. The zero-order chi connectivity index (χ0) is 13.7. The lowest BCUT2D eigenvalue weighted by molar-refractivity contribution is -0.127. The van der Waals surface area contributed by atoms with Gasteiger partial charge in [-0.15, -0.1) is 0 Å². The molecule has 1 aromatic rings. The second-order valence-corrected chi connectivity index (χ2v) is 4.49. The highest BCUT2D eigenvalue weighted by atomic mass is 19.1. The van der Waals surface area contributed by atoms with Crippen molar-refractivity contribution in [3.05, 3.63) is 35.6 Å². The molecule has 0 aliphatic rings. The molecule has 0 fully saturated rings. The van der Waals surface area contributed by atoms with Crippen LogP contribution in [0.1, 0.15) is 19.4 Å². The first-order chi connectivity index (χ1) is 8.40. The van der Waals surface area contributed by atoms with Gasteiger partial charge < -0.3 is 11.1 Å². The van der Waals surface area contributed by atoms with Crippen LogP contribution in [0.2, 0.25) is 0 Å². The maximum atomic E-state index is 12.7. The number of nitrogens with two attached hydrogens (primary N) is 1. The van der Waals surface area contributed by atoms with Gasteiger partial charge in [-0.3, -0.25) is 9.59 Å². The van der Waals surface area contributed by atoms with Crippen molar-refractivity contribution in [2.75, 3.05) is 0 Å². The summed E-state index contributed by atoms with van der Waals surface area (Å²) >= 11 is 0. The number of carbonyl (C=O) groups excluding carboxylic acids is 2. The van der Waals surface area contributed by atoms with Gasteiger partial charge in [0.2, 0.25) is 11.8 Å². The van der Waals surface area contributed by atoms with Gasteiger partial charge >= 0.3 is 0 Å². The zero-order valence-electron chi connectivity index (χ0n) is 10.4. The fourth-order valence-electron chi connectivity index (χ4n) is 1.58. The molecule has 0 heterocycles. The second kappa shape index (κ2) is 6.14. The number of carbonyl (C=O) groups is 2. The minimum atomic E-state index is -0.682. The van der Waals surface area contributed by atoms with Crippen LogP contribution in [0, 0.1) is 11.7 Å². The van der Waals surface area contributed by atoms with Crippen molar-refractivity contribution in [1.29, 1.82) is 0 Å². The highest BCUT2D eigenvalue weighted by Gasteiger charge is 2.21. The predicted octanol–water partition coefficient (Wildman–Crippen LogP) is 0.994. The number of amides is 2. The fraction of sp³-hybridized carbons (Fsp3) is 0.385. The van der Waals surface area contributed by atoms with Crippen molar-refractivity contribution in [3.8, 4) is 0 Å². The maximum absolute atomic E-state index is 12.7. The molecule has 1 rings (SSSR count). The van der Waals surface area contributed by atoms with Crippen LogP contribution in [0.5, 0.6) is 0 Å². The summed E-state index contributed by atoms with van der Waals surface area (Å²) in [7, 11) is 0. The van der Waals surface area contributed by atoms with E-state index in [-0.39, 0.29) is 24.1 Å². The monoisotopic (exact) mass is 252 g/mol. The lowest BCUT2D eigenvalue weighted by atomic mass is 10.0. The Morgan fingerprint density at radius 3 is 2.28 bits per heavy atom. The van der Waals surface area contributed by atoms with Gasteiger partial charge in [0.15, 0.2) is 0 Å². The van der Waals surface area contributed by atoms with Crippen LogP contribution in [0.3, 0.4) is 0 Å². The van der Waals surface area contributed by atoms with Crippen LogP contribution in [0.4, 0.5) is 4.39 Å². The molecule has 2 amide bonds. The number of halogens is 1. The fourth-order valence-corrected chi connectivity index (χ4v) is 1.58. The largest absolute Gasteiger partial charge is 0.368 e. The number of hydrogen-bond acceptors (Lipinski definition) is 2. The van der Waals surface area contributed by atoms with Gasteiger partial charge in [-0.1, -0.05) is 26.0 Å². The lowest BCUT2D eigenvalue weighted by Gasteiger charge is -2.18. The zero-order valence-corrected chi connectivity index (χ0v) is 10.4. The first-order valence-electron chi connectivity index (χ1n) is 5.73. The Balaban J connectivity index is 2.60. The number of hydrogen-bond donors (Lipinski definition) is 2. The minimum Gasteiger partial charge on any atom is -0.368 e. The maximum Gasteiger partial charge on any atom is 0.240 e. The van der Waals surface area contributed by atoms with Gasteiger partial charge in [0, 0.05) is 0 Å². The number of nitrogens with one attached hydrogen (secondary N) is 1. The average Bonchev–Trinajstić information content (AvgIpc) is 2.28. The Kier molecular flexibility index (Phi) is 4.83. The summed E-state index contributed by atoms with van der Waals surface area (Å²) in [6, 6.07) is 4.96. The van der Waals surface area contributed by atoms with Gasteiger partial charge in [0.05, 0.1) is 6.42 Å². The van der Waals surface area contributed by atoms with E-state index in [1.54, 1.807) is 13.8 Å². The van der Waals surface area contributed by atoms with Crippen molar-refractivity contribution >= 4 is 11.8 Å². The summed E-state index contributed by atoms with van der Waals surface area (Å²) in [4.78, 5) is 22.8. The van der Waals surface area contributed by atoms with Crippen molar-refractivity contribution in [2.24, 2.45) is 11.7 Å². The Bertz CT molecular complexity index is 429. The summed E-state index contributed by atoms with van der Waals surface area (Å²) in [5.41, 5.74) is 5.88. The summed E-state index contributed by atoms with van der Waals surface area (Å²) in [5.74, 6) is -1.28. The standard InChI is InChI=1S/C13H17FN2O2/c1-8(2)12(13(15)18)16-11(17)7-9-3-5-10(14)6-4-9/h3-6,8,12H,7H2,1-2H3,(H2,15,18)(H,16,17)/t12-/m0/s1. The van der Waals surface area contributed by atoms with E-state index in [0.29, 0.717) is 5.56 Å². The van der Waals surface area contributed by atoms with Gasteiger partial charge in [-0.25, -0.2) is 4.39 Å². The van der Waals surface area contributed by atoms with Gasteiger partial charge in [-0.2, -0.15) is 0 Å². The third-order valence-electron chi connectivity index (χ3n) is 2.57. The van der Waals surface area contributed by atoms with Crippen LogP contribution >= 0.6 is 0 Å². The molecule has 0 aromatic heterocycles. The quantitative estimate of drug-likeness (QED) is 0.820. The Morgan fingerprint density at radius 1 is 1.28 bits per heavy atom. The van der Waals surface area contributed by atoms with Crippen molar-refractivity contribution < 1.29 is 14.0 Å². The van der Waals surface area contributed by atoms with E-state index >= 15 is 0 Å². The second-order valence-electron chi connectivity index (χ2n) is 4.49. The predicted molar refractivity (Wildman–Crippen MR) is 66.1 cm³/mol. The van der Waals surface area contributed by atoms with Gasteiger partial charge in [0.25, 0.3) is 0 Å². The number of benzene rings is 1. The minimum absolute atomic E-state index is 0.0698. The van der Waals surface area contributed by atoms with Crippen LogP contribution in [0.15, 0.2) is 24.3 Å². The third-order valence-corrected chi connectivity index (χ3v) is 2.57. The molecule has 0 saturated carbocycles. The van der Waals surface area contributed by atoms with Crippen LogP contribution in [0.25, 0.3) is 0 Å². The summed E-state index contributed by atoms with van der Waals surface area (Å²) in [6.45, 7) is 3.60. The Labute approximate surface area is 105 Å². The molecule has 0 aliphatic carbocycles. The highest BCUT2D eigenvalue weighted by molar-refractivity contribution is 5.87. The van der Waals surface area contributed by atoms with E-state index in [1.165, 1.54) is 24.3 Å². The Hall–Kier alpha value is -1.91. The smallest absolute Gasteiger partial charge is 0.240 e. The molecule has 0 unspecified atom stereocenters. The van der Waals surface area contributed by atoms with Crippen molar-refractivity contribution in [2.45, 2.75) is 26.3 Å². The molecule has 4 nitrogen and oxygen atoms in total. The summed E-state index contributed by atoms with van der Waals surface area (Å²) in [6.07, 6.45) is 0.0940. The van der Waals surface area contributed by atoms with Gasteiger partial charge in [0.1, 0.15) is 11.9 Å². The SMILES string of the molecule is CC(C)[C@H](NC(=O)Cc1ccc(F)cc1)C(N)=O. The van der Waals surface area contributed by atoms with Crippen molar-refractivity contribution in [1.82, 2.24) is 5.32 Å². The normalized spacial score (nSPS) is 12.2. The molecule has 0 aliphatic heterocycles. The van der Waals surface area contributed by atoms with E-state index in [4.69, 9.17) is 5.73 Å². The molecule has 1 aromatic carbocycles. The highest BCUT2D eigenvalue weighted by Crippen LogP contribution is 2.05. The van der Waals surface area contributed by atoms with E-state index < -0.39 is 11.9 Å². The molecule has 0 radical (unpaired) electrons. The van der Waals surface area contributed by atoms with Gasteiger partial charge in [-0.05, 0) is 23.6 Å². The van der Waals surface area contributed by atoms with E-state index in [0.717, 1.165) is 0 Å². The summed E-state index contributed by atoms with van der Waals surface area (Å²) in [5, 5.41) is 2.57.